The second-order valence-corrected chi connectivity index (χ2v) is 13.6. The van der Waals surface area contributed by atoms with Gasteiger partial charge in [0.05, 0.1) is 6.42 Å². The average molecular weight is 600 g/mol. The molecule has 1 aromatic heterocycles. The highest BCUT2D eigenvalue weighted by molar-refractivity contribution is 6.03. The van der Waals surface area contributed by atoms with Crippen LogP contribution in [0.3, 0.4) is 0 Å². The number of imidazole rings is 1. The summed E-state index contributed by atoms with van der Waals surface area (Å²) in [6, 6.07) is 6.78. The topological polar surface area (TPSA) is 101 Å². The molecule has 0 aliphatic heterocycles. The number of aryl methyl sites for hydroxylation is 2. The summed E-state index contributed by atoms with van der Waals surface area (Å²) in [5, 5.41) is 2.95. The van der Waals surface area contributed by atoms with Crippen LogP contribution in [-0.2, 0) is 27.2 Å². The van der Waals surface area contributed by atoms with E-state index in [0.717, 1.165) is 55.0 Å². The Balaban J connectivity index is 1.13. The summed E-state index contributed by atoms with van der Waals surface area (Å²) in [5.74, 6) is -0.233. The molecule has 0 spiro atoms. The molecule has 5 fully saturated rings. The zero-order chi connectivity index (χ0) is 30.2. The highest BCUT2D eigenvalue weighted by Gasteiger charge is 2.50. The molecule has 0 atom stereocenters. The maximum Gasteiger partial charge on any atom is 0.491 e. The van der Waals surface area contributed by atoms with Gasteiger partial charge in [0.2, 0.25) is 0 Å². The number of esters is 2. The Morgan fingerprint density at radius 3 is 2.30 bits per heavy atom. The lowest BCUT2D eigenvalue weighted by molar-refractivity contribution is -0.201. The number of carbonyl (C=O) groups excluding carboxylic acids is 3. The van der Waals surface area contributed by atoms with Gasteiger partial charge in [-0.1, -0.05) is 31.4 Å². The minimum Gasteiger partial charge on any atom is -0.386 e. The Morgan fingerprint density at radius 2 is 1.65 bits per heavy atom. The van der Waals surface area contributed by atoms with Crippen LogP contribution in [0.4, 0.5) is 18.9 Å². The molecular weight excluding hydrogens is 559 g/mol. The number of H-pyrrole nitrogens is 1. The van der Waals surface area contributed by atoms with Gasteiger partial charge in [0.1, 0.15) is 11.5 Å². The maximum atomic E-state index is 13.6. The van der Waals surface area contributed by atoms with Crippen LogP contribution < -0.4 is 5.32 Å². The number of hydrogen-bond donors (Lipinski definition) is 2. The number of hydrogen-bond acceptors (Lipinski definition) is 5. The first-order chi connectivity index (χ1) is 20.5. The summed E-state index contributed by atoms with van der Waals surface area (Å²) in [6.07, 6.45) is 10.1. The summed E-state index contributed by atoms with van der Waals surface area (Å²) in [7, 11) is 0. The number of amides is 1. The zero-order valence-corrected chi connectivity index (χ0v) is 24.4. The van der Waals surface area contributed by atoms with Crippen molar-refractivity contribution in [2.75, 3.05) is 5.32 Å². The van der Waals surface area contributed by atoms with Crippen LogP contribution >= 0.6 is 0 Å². The first-order valence-electron chi connectivity index (χ1n) is 15.9. The summed E-state index contributed by atoms with van der Waals surface area (Å²) < 4.78 is 41.0. The molecule has 5 aliphatic rings. The fourth-order valence-electron chi connectivity index (χ4n) is 8.81. The van der Waals surface area contributed by atoms with Crippen LogP contribution in [0.25, 0.3) is 0 Å². The Morgan fingerprint density at radius 1 is 0.977 bits per heavy atom. The molecule has 0 radical (unpaired) electrons. The van der Waals surface area contributed by atoms with Gasteiger partial charge in [0.15, 0.2) is 0 Å². The van der Waals surface area contributed by atoms with Crippen molar-refractivity contribution in [1.29, 1.82) is 0 Å². The quantitative estimate of drug-likeness (QED) is 0.231. The van der Waals surface area contributed by atoms with E-state index in [-0.39, 0.29) is 12.3 Å². The number of carbonyl (C=O) groups is 3. The van der Waals surface area contributed by atoms with Crippen LogP contribution in [-0.4, -0.2) is 34.0 Å². The zero-order valence-electron chi connectivity index (χ0n) is 24.4. The van der Waals surface area contributed by atoms with Crippen molar-refractivity contribution in [3.63, 3.8) is 0 Å². The Kier molecular flexibility index (Phi) is 8.39. The Labute approximate surface area is 249 Å². The standard InChI is InChI=1S/C33H40F3N3O4/c34-33(35,36)31(42)43-27(40)10-9-20-5-4-8-25(16-20)37-30(41)28-26(38-29(39-28)24-6-2-1-3-7-24)11-12-32-17-21-13-22(18-32)15-23(14-21)19-32/h4-5,8,16,21-24H,1-3,6-7,9-15,17-19H2,(H,37,41)(H,38,39). The number of benzene rings is 1. The predicted octanol–water partition coefficient (Wildman–Crippen LogP) is 7.42. The first-order valence-corrected chi connectivity index (χ1v) is 15.9. The van der Waals surface area contributed by atoms with Gasteiger partial charge >= 0.3 is 18.1 Å². The molecule has 2 N–H and O–H groups in total. The van der Waals surface area contributed by atoms with Crippen LogP contribution in [0, 0.1) is 23.2 Å². The lowest BCUT2D eigenvalue weighted by atomic mass is 9.48. The molecule has 5 saturated carbocycles. The fraction of sp³-hybridized carbons (Fsp3) is 0.636. The lowest BCUT2D eigenvalue weighted by Crippen LogP contribution is -2.46. The number of nitrogens with one attached hydrogen (secondary N) is 2. The number of nitrogens with zero attached hydrogens (tertiary/aromatic N) is 1. The van der Waals surface area contributed by atoms with Gasteiger partial charge in [-0.05, 0) is 111 Å². The molecule has 2 aromatic rings. The van der Waals surface area contributed by atoms with Gasteiger partial charge in [-0.25, -0.2) is 9.78 Å². The number of rotatable bonds is 9. The number of halogens is 3. The average Bonchev–Trinajstić information content (AvgIpc) is 3.39. The van der Waals surface area contributed by atoms with E-state index >= 15 is 0 Å². The SMILES string of the molecule is O=C(CCc1cccc(NC(=O)c2nc(C3CCCCC3)[nH]c2CCC23CC4CC(CC(C4)C2)C3)c1)OC(=O)C(F)(F)F. The number of aromatic nitrogens is 2. The van der Waals surface area contributed by atoms with Crippen molar-refractivity contribution in [3.05, 3.63) is 47.0 Å². The van der Waals surface area contributed by atoms with E-state index in [2.05, 4.69) is 15.0 Å². The molecule has 232 valence electrons. The molecule has 0 unspecified atom stereocenters. The molecule has 1 heterocycles. The van der Waals surface area contributed by atoms with E-state index < -0.39 is 24.5 Å². The summed E-state index contributed by atoms with van der Waals surface area (Å²) in [5.41, 5.74) is 2.84. The number of anilines is 1. The van der Waals surface area contributed by atoms with Crippen LogP contribution in [0.2, 0.25) is 0 Å². The second kappa shape index (κ2) is 12.1. The largest absolute Gasteiger partial charge is 0.491 e. The van der Waals surface area contributed by atoms with Crippen LogP contribution in [0.5, 0.6) is 0 Å². The van der Waals surface area contributed by atoms with Gasteiger partial charge in [-0.3, -0.25) is 9.59 Å². The summed E-state index contributed by atoms with van der Waals surface area (Å²) in [6.45, 7) is 0. The molecule has 5 aliphatic carbocycles. The van der Waals surface area contributed by atoms with Crippen molar-refractivity contribution in [2.24, 2.45) is 23.2 Å². The van der Waals surface area contributed by atoms with E-state index in [1.165, 1.54) is 57.8 Å². The normalized spacial score (nSPS) is 26.8. The van der Waals surface area contributed by atoms with E-state index in [1.54, 1.807) is 24.3 Å². The number of alkyl halides is 3. The van der Waals surface area contributed by atoms with E-state index in [4.69, 9.17) is 4.98 Å². The molecule has 7 rings (SSSR count). The van der Waals surface area contributed by atoms with Crippen molar-refractivity contribution in [1.82, 2.24) is 9.97 Å². The molecule has 4 bridgehead atoms. The third-order valence-electron chi connectivity index (χ3n) is 10.3. The van der Waals surface area contributed by atoms with Gasteiger partial charge in [0.25, 0.3) is 5.91 Å². The van der Waals surface area contributed by atoms with Gasteiger partial charge < -0.3 is 15.0 Å². The van der Waals surface area contributed by atoms with Crippen molar-refractivity contribution in [2.45, 2.75) is 108 Å². The van der Waals surface area contributed by atoms with Gasteiger partial charge in [-0.15, -0.1) is 0 Å². The van der Waals surface area contributed by atoms with E-state index in [9.17, 15) is 27.6 Å². The van der Waals surface area contributed by atoms with Crippen molar-refractivity contribution < 1.29 is 32.3 Å². The number of aromatic amines is 1. The maximum absolute atomic E-state index is 13.6. The molecule has 0 saturated heterocycles. The van der Waals surface area contributed by atoms with Crippen LogP contribution in [0.1, 0.15) is 117 Å². The highest BCUT2D eigenvalue weighted by atomic mass is 19.4. The molecule has 10 heteroatoms. The summed E-state index contributed by atoms with van der Waals surface area (Å²) >= 11 is 0. The predicted molar refractivity (Wildman–Crippen MR) is 153 cm³/mol. The van der Waals surface area contributed by atoms with Crippen LogP contribution in [0.15, 0.2) is 24.3 Å². The molecule has 1 aromatic carbocycles. The van der Waals surface area contributed by atoms with Gasteiger partial charge in [0, 0.05) is 17.3 Å². The van der Waals surface area contributed by atoms with E-state index in [0.29, 0.717) is 28.3 Å². The first kappa shape index (κ1) is 29.9. The summed E-state index contributed by atoms with van der Waals surface area (Å²) in [4.78, 5) is 44.7. The van der Waals surface area contributed by atoms with Crippen molar-refractivity contribution in [3.8, 4) is 0 Å². The highest BCUT2D eigenvalue weighted by Crippen LogP contribution is 2.61. The second-order valence-electron chi connectivity index (χ2n) is 13.6. The lowest BCUT2D eigenvalue weighted by Gasteiger charge is -2.57. The Bertz CT molecular complexity index is 1330. The molecular formula is C33H40F3N3O4. The molecule has 1 amide bonds. The third-order valence-corrected chi connectivity index (χ3v) is 10.3. The minimum atomic E-state index is -5.23. The third kappa shape index (κ3) is 6.99. The molecule has 7 nitrogen and oxygen atoms in total. The Hall–Kier alpha value is -3.17. The fourth-order valence-corrected chi connectivity index (χ4v) is 8.81. The van der Waals surface area contributed by atoms with Gasteiger partial charge in [-0.2, -0.15) is 13.2 Å². The van der Waals surface area contributed by atoms with Crippen molar-refractivity contribution >= 4 is 23.5 Å². The smallest absolute Gasteiger partial charge is 0.386 e. The number of ether oxygens (including phenoxy) is 1. The minimum absolute atomic E-state index is 0.0538. The van der Waals surface area contributed by atoms with E-state index in [1.807, 2.05) is 0 Å². The molecule has 43 heavy (non-hydrogen) atoms. The monoisotopic (exact) mass is 599 g/mol.